The number of hydrogen-bond donors (Lipinski definition) is 2. The molecular formula is C21H29N4O2+. The van der Waals surface area contributed by atoms with Gasteiger partial charge in [-0.05, 0) is 36.4 Å². The number of carbonyl (C=O) groups is 1. The van der Waals surface area contributed by atoms with Crippen LogP contribution < -0.4 is 9.80 Å². The number of phenolic OH excluding ortho intramolecular Hbond substituents is 1. The third-order valence-corrected chi connectivity index (χ3v) is 6.05. The van der Waals surface area contributed by atoms with Crippen LogP contribution in [-0.4, -0.2) is 59.7 Å². The second-order valence-electron chi connectivity index (χ2n) is 7.71. The lowest BCUT2D eigenvalue weighted by atomic mass is 10.1. The normalized spacial score (nSPS) is 23.0. The van der Waals surface area contributed by atoms with Crippen molar-refractivity contribution >= 4 is 11.6 Å². The number of aryl methyl sites for hydroxylation is 1. The number of amides is 1. The minimum atomic E-state index is 0.275. The highest BCUT2D eigenvalue weighted by Crippen LogP contribution is 2.21. The van der Waals surface area contributed by atoms with Crippen LogP contribution in [0.3, 0.4) is 0 Å². The first-order chi connectivity index (χ1) is 13.1. The second kappa shape index (κ2) is 7.64. The maximum atomic E-state index is 12.9. The molecule has 6 heteroatoms. The second-order valence-corrected chi connectivity index (χ2v) is 7.71. The first-order valence-electron chi connectivity index (χ1n) is 9.89. The van der Waals surface area contributed by atoms with Crippen LogP contribution in [0.4, 0.5) is 5.69 Å². The highest BCUT2D eigenvalue weighted by molar-refractivity contribution is 5.77. The van der Waals surface area contributed by atoms with Crippen molar-refractivity contribution in [2.24, 2.45) is 7.05 Å². The number of carbonyl (C=O) groups excluding carboxylic acids is 1. The van der Waals surface area contributed by atoms with Crippen LogP contribution in [0, 0.1) is 0 Å². The Hall–Kier alpha value is -2.47. The van der Waals surface area contributed by atoms with Crippen molar-refractivity contribution in [1.82, 2.24) is 9.47 Å². The summed E-state index contributed by atoms with van der Waals surface area (Å²) in [5.41, 5.74) is 2.45. The number of quaternary nitrogens is 1. The molecule has 2 aliphatic heterocycles. The van der Waals surface area contributed by atoms with Gasteiger partial charge >= 0.3 is 0 Å². The van der Waals surface area contributed by atoms with Crippen LogP contribution in [0.1, 0.15) is 24.6 Å². The van der Waals surface area contributed by atoms with Gasteiger partial charge in [0, 0.05) is 58.0 Å². The smallest absolute Gasteiger partial charge is 0.277 e. The fourth-order valence-corrected chi connectivity index (χ4v) is 4.50. The summed E-state index contributed by atoms with van der Waals surface area (Å²) in [6, 6.07) is 12.0. The monoisotopic (exact) mass is 369 g/mol. The fourth-order valence-electron chi connectivity index (χ4n) is 4.50. The summed E-state index contributed by atoms with van der Waals surface area (Å²) in [6.45, 7) is 4.88. The standard InChI is InChI=1S/C21H28N4O2/c1-22-10-2-4-19(22)20-5-3-11-25(20)16-21(27)24-14-12-23(13-15-24)17-6-8-18(26)9-7-17/h2,4,6-10,20,26H,3,5,11-16H2,1H3/p+1/t20-/m0/s1. The molecule has 6 nitrogen and oxygen atoms in total. The molecule has 0 saturated carbocycles. The van der Waals surface area contributed by atoms with Gasteiger partial charge in [0.2, 0.25) is 0 Å². The average Bonchev–Trinajstić information content (AvgIpc) is 3.31. The summed E-state index contributed by atoms with van der Waals surface area (Å²) >= 11 is 0. The predicted octanol–water partition coefficient (Wildman–Crippen LogP) is 0.799. The lowest BCUT2D eigenvalue weighted by Gasteiger charge is -2.36. The van der Waals surface area contributed by atoms with E-state index in [0.717, 1.165) is 44.8 Å². The summed E-state index contributed by atoms with van der Waals surface area (Å²) in [7, 11) is 2.09. The van der Waals surface area contributed by atoms with Crippen LogP contribution in [-0.2, 0) is 11.8 Å². The number of aromatic nitrogens is 1. The molecule has 0 bridgehead atoms. The van der Waals surface area contributed by atoms with Gasteiger partial charge in [0.25, 0.3) is 5.91 Å². The maximum Gasteiger partial charge on any atom is 0.277 e. The van der Waals surface area contributed by atoms with Gasteiger partial charge in [0.05, 0.1) is 12.2 Å². The Kier molecular flexibility index (Phi) is 5.07. The number of phenols is 1. The molecule has 1 unspecified atom stereocenters. The van der Waals surface area contributed by atoms with E-state index in [4.69, 9.17) is 0 Å². The van der Waals surface area contributed by atoms with Crippen molar-refractivity contribution in [3.63, 3.8) is 0 Å². The molecule has 2 aromatic rings. The Morgan fingerprint density at radius 3 is 2.56 bits per heavy atom. The molecule has 0 spiro atoms. The molecule has 27 heavy (non-hydrogen) atoms. The van der Waals surface area contributed by atoms with Crippen LogP contribution in [0.5, 0.6) is 5.75 Å². The van der Waals surface area contributed by atoms with E-state index in [2.05, 4.69) is 34.8 Å². The van der Waals surface area contributed by atoms with E-state index in [0.29, 0.717) is 12.6 Å². The molecule has 2 atom stereocenters. The van der Waals surface area contributed by atoms with Crippen molar-refractivity contribution in [2.75, 3.05) is 44.2 Å². The van der Waals surface area contributed by atoms with E-state index in [1.54, 1.807) is 12.1 Å². The maximum absolute atomic E-state index is 12.9. The molecule has 4 rings (SSSR count). The zero-order valence-electron chi connectivity index (χ0n) is 16.0. The SMILES string of the molecule is Cn1cccc1[C@@H]1CCC[NH+]1CC(=O)N1CCN(c2ccc(O)cc2)CC1. The Morgan fingerprint density at radius 2 is 1.89 bits per heavy atom. The van der Waals surface area contributed by atoms with Crippen molar-refractivity contribution in [2.45, 2.75) is 18.9 Å². The van der Waals surface area contributed by atoms with E-state index in [1.807, 2.05) is 17.0 Å². The van der Waals surface area contributed by atoms with Gasteiger partial charge in [0.1, 0.15) is 11.8 Å². The molecule has 2 N–H and O–H groups in total. The zero-order valence-corrected chi connectivity index (χ0v) is 16.0. The van der Waals surface area contributed by atoms with Gasteiger partial charge < -0.3 is 24.4 Å². The highest BCUT2D eigenvalue weighted by Gasteiger charge is 2.34. The summed E-state index contributed by atoms with van der Waals surface area (Å²) in [4.78, 5) is 18.6. The molecule has 1 aromatic heterocycles. The van der Waals surface area contributed by atoms with Gasteiger partial charge in [-0.2, -0.15) is 0 Å². The molecule has 1 amide bonds. The van der Waals surface area contributed by atoms with Gasteiger partial charge in [-0.1, -0.05) is 0 Å². The lowest BCUT2D eigenvalue weighted by molar-refractivity contribution is -0.911. The third kappa shape index (κ3) is 3.81. The number of piperazine rings is 1. The minimum absolute atomic E-state index is 0.275. The van der Waals surface area contributed by atoms with Crippen molar-refractivity contribution in [3.05, 3.63) is 48.3 Å². The molecule has 2 aliphatic rings. The Labute approximate surface area is 160 Å². The minimum Gasteiger partial charge on any atom is -0.508 e. The molecule has 0 radical (unpaired) electrons. The fraction of sp³-hybridized carbons (Fsp3) is 0.476. The third-order valence-electron chi connectivity index (χ3n) is 6.05. The number of anilines is 1. The first kappa shape index (κ1) is 17.9. The summed E-state index contributed by atoms with van der Waals surface area (Å²) < 4.78 is 2.19. The van der Waals surface area contributed by atoms with Crippen molar-refractivity contribution < 1.29 is 14.8 Å². The molecule has 2 saturated heterocycles. The molecule has 2 fully saturated rings. The van der Waals surface area contributed by atoms with E-state index in [9.17, 15) is 9.90 Å². The Balaban J connectivity index is 1.33. The number of likely N-dealkylation sites (tertiary alicyclic amines) is 1. The van der Waals surface area contributed by atoms with Crippen molar-refractivity contribution in [1.29, 1.82) is 0 Å². The molecule has 3 heterocycles. The van der Waals surface area contributed by atoms with Gasteiger partial charge in [-0.3, -0.25) is 4.79 Å². The Morgan fingerprint density at radius 1 is 1.15 bits per heavy atom. The summed E-state index contributed by atoms with van der Waals surface area (Å²) in [6.07, 6.45) is 4.44. The number of hydrogen-bond acceptors (Lipinski definition) is 3. The van der Waals surface area contributed by atoms with Crippen LogP contribution in [0.15, 0.2) is 42.6 Å². The van der Waals surface area contributed by atoms with Crippen molar-refractivity contribution in [3.8, 4) is 5.75 Å². The summed E-state index contributed by atoms with van der Waals surface area (Å²) in [5.74, 6) is 0.561. The van der Waals surface area contributed by atoms with E-state index >= 15 is 0 Å². The molecule has 1 aromatic carbocycles. The van der Waals surface area contributed by atoms with Gasteiger partial charge in [-0.15, -0.1) is 0 Å². The quantitative estimate of drug-likeness (QED) is 0.838. The Bertz CT molecular complexity index is 778. The van der Waals surface area contributed by atoms with Gasteiger partial charge in [0.15, 0.2) is 6.54 Å². The first-order valence-corrected chi connectivity index (χ1v) is 9.89. The van der Waals surface area contributed by atoms with Gasteiger partial charge in [-0.25, -0.2) is 0 Å². The van der Waals surface area contributed by atoms with Crippen LogP contribution >= 0.6 is 0 Å². The average molecular weight is 369 g/mol. The lowest BCUT2D eigenvalue weighted by Crippen LogP contribution is -3.11. The molecule has 144 valence electrons. The predicted molar refractivity (Wildman–Crippen MR) is 105 cm³/mol. The largest absolute Gasteiger partial charge is 0.508 e. The number of rotatable bonds is 4. The topological polar surface area (TPSA) is 53.2 Å². The van der Waals surface area contributed by atoms with Crippen LogP contribution in [0.25, 0.3) is 0 Å². The number of aromatic hydroxyl groups is 1. The highest BCUT2D eigenvalue weighted by atomic mass is 16.3. The number of nitrogens with one attached hydrogen (secondary N) is 1. The molecule has 0 aliphatic carbocycles. The van der Waals surface area contributed by atoms with E-state index < -0.39 is 0 Å². The van der Waals surface area contributed by atoms with E-state index in [-0.39, 0.29) is 11.7 Å². The number of nitrogens with zero attached hydrogens (tertiary/aromatic N) is 3. The zero-order chi connectivity index (χ0) is 18.8. The van der Waals surface area contributed by atoms with E-state index in [1.165, 1.54) is 17.0 Å². The molecular weight excluding hydrogens is 340 g/mol. The number of benzene rings is 1. The summed E-state index contributed by atoms with van der Waals surface area (Å²) in [5, 5.41) is 9.44. The van der Waals surface area contributed by atoms with Crippen LogP contribution in [0.2, 0.25) is 0 Å².